The standard InChI is InChI=1S/C21H33O4P.Na.H/c1-3-17-21(26(17,24)25-2)13-11-15-14(19(22)18(21)16(15)12-13)7-10-20(23)8-5-4-6-9-20;;/h7,10,13-19,22-23H,3-6,8-9,11-12H2,1-2H3;;. The molecule has 5 fully saturated rings. The predicted octanol–water partition coefficient (Wildman–Crippen LogP) is 3.31. The molecule has 27 heavy (non-hydrogen) atoms. The van der Waals surface area contributed by atoms with Crippen molar-refractivity contribution in [3.05, 3.63) is 12.2 Å². The van der Waals surface area contributed by atoms with E-state index in [0.717, 1.165) is 44.9 Å². The molecule has 4 nitrogen and oxygen atoms in total. The average Bonchev–Trinajstić information content (AvgIpc) is 2.95. The Bertz CT molecular complexity index is 675. The van der Waals surface area contributed by atoms with Crippen LogP contribution in [0.5, 0.6) is 0 Å². The number of aliphatic hydroxyl groups is 2. The normalized spacial score (nSPS) is 54.6. The molecular weight excluding hydrogens is 370 g/mol. The molecule has 2 N–H and O–H groups in total. The van der Waals surface area contributed by atoms with Gasteiger partial charge in [-0.25, -0.2) is 0 Å². The first-order valence-electron chi connectivity index (χ1n) is 10.7. The van der Waals surface area contributed by atoms with Crippen LogP contribution in [0.4, 0.5) is 0 Å². The van der Waals surface area contributed by atoms with Crippen molar-refractivity contribution in [2.45, 2.75) is 80.8 Å². The van der Waals surface area contributed by atoms with E-state index < -0.39 is 19.1 Å². The van der Waals surface area contributed by atoms with Gasteiger partial charge >= 0.3 is 29.6 Å². The molecule has 1 aliphatic heterocycles. The summed E-state index contributed by atoms with van der Waals surface area (Å²) in [5.41, 5.74) is -0.524. The van der Waals surface area contributed by atoms with Crippen LogP contribution in [0.25, 0.3) is 0 Å². The zero-order chi connectivity index (χ0) is 18.3. The number of hydrogen-bond acceptors (Lipinski definition) is 4. The Hall–Kier alpha value is 0.850. The van der Waals surface area contributed by atoms with Crippen molar-refractivity contribution in [2.75, 3.05) is 7.11 Å². The third-order valence-electron chi connectivity index (χ3n) is 8.99. The molecule has 4 aliphatic carbocycles. The second-order valence-electron chi connectivity index (χ2n) is 9.70. The Morgan fingerprint density at radius 2 is 1.85 bits per heavy atom. The number of fused-ring (bicyclic) bond motifs is 3. The molecule has 5 rings (SSSR count). The van der Waals surface area contributed by atoms with E-state index in [1.54, 1.807) is 7.11 Å². The maximum absolute atomic E-state index is 13.5. The van der Waals surface area contributed by atoms with Crippen molar-refractivity contribution in [2.24, 2.45) is 29.6 Å². The molecule has 5 aliphatic rings. The van der Waals surface area contributed by atoms with Gasteiger partial charge in [0.1, 0.15) is 0 Å². The van der Waals surface area contributed by atoms with Gasteiger partial charge in [-0.15, -0.1) is 0 Å². The zero-order valence-corrected chi connectivity index (χ0v) is 16.9. The van der Waals surface area contributed by atoms with Gasteiger partial charge in [0.15, 0.2) is 0 Å². The van der Waals surface area contributed by atoms with Crippen molar-refractivity contribution < 1.29 is 19.3 Å². The summed E-state index contributed by atoms with van der Waals surface area (Å²) in [6.07, 6.45) is 11.9. The second-order valence-corrected chi connectivity index (χ2v) is 12.7. The number of rotatable bonds is 4. The van der Waals surface area contributed by atoms with E-state index in [0.29, 0.717) is 17.8 Å². The molecule has 9 unspecified atom stereocenters. The molecule has 4 saturated carbocycles. The fourth-order valence-electron chi connectivity index (χ4n) is 8.13. The monoisotopic (exact) mass is 404 g/mol. The zero-order valence-electron chi connectivity index (χ0n) is 16.0. The summed E-state index contributed by atoms with van der Waals surface area (Å²) in [7, 11) is -1.02. The molecule has 0 amide bonds. The van der Waals surface area contributed by atoms with Crippen LogP contribution in [0.15, 0.2) is 12.2 Å². The van der Waals surface area contributed by atoms with Gasteiger partial charge in [-0.2, -0.15) is 0 Å². The van der Waals surface area contributed by atoms with Crippen LogP contribution in [-0.2, 0) is 9.09 Å². The fourth-order valence-corrected chi connectivity index (χ4v) is 12.5. The average molecular weight is 404 g/mol. The molecule has 0 aromatic heterocycles. The predicted molar refractivity (Wildman–Crippen MR) is 108 cm³/mol. The van der Waals surface area contributed by atoms with E-state index in [1.807, 2.05) is 6.08 Å². The Labute approximate surface area is 185 Å². The van der Waals surface area contributed by atoms with E-state index in [1.165, 1.54) is 6.42 Å². The van der Waals surface area contributed by atoms with Gasteiger partial charge in [-0.3, -0.25) is 4.57 Å². The Kier molecular flexibility index (Phi) is 5.42. The van der Waals surface area contributed by atoms with Gasteiger partial charge in [0.2, 0.25) is 7.37 Å². The van der Waals surface area contributed by atoms with Gasteiger partial charge in [-0.1, -0.05) is 38.3 Å². The van der Waals surface area contributed by atoms with Gasteiger partial charge in [0.25, 0.3) is 0 Å². The van der Waals surface area contributed by atoms with Crippen molar-refractivity contribution in [1.82, 2.24) is 0 Å². The van der Waals surface area contributed by atoms with Gasteiger partial charge in [0, 0.05) is 18.9 Å². The van der Waals surface area contributed by atoms with Crippen molar-refractivity contribution in [3.63, 3.8) is 0 Å². The summed E-state index contributed by atoms with van der Waals surface area (Å²) in [6.45, 7) is 2.12. The molecular formula is C21H34NaO4P. The SMILES string of the molecule is CCC1C2(C3CC4C(C=CC5(O)CCCCC5)C(O)C2C4C3)P1(=O)OC.[NaH]. The summed E-state index contributed by atoms with van der Waals surface area (Å²) in [5.74, 6) is 1.70. The summed E-state index contributed by atoms with van der Waals surface area (Å²) >= 11 is 0. The molecule has 1 saturated heterocycles. The Balaban J connectivity index is 0.00000180. The van der Waals surface area contributed by atoms with Crippen molar-refractivity contribution >= 4 is 36.9 Å². The first kappa shape index (κ1) is 21.1. The number of aliphatic hydroxyl groups excluding tert-OH is 1. The Morgan fingerprint density at radius 1 is 1.19 bits per heavy atom. The third kappa shape index (κ3) is 2.54. The van der Waals surface area contributed by atoms with Crippen LogP contribution in [0.2, 0.25) is 0 Å². The topological polar surface area (TPSA) is 66.8 Å². The van der Waals surface area contributed by atoms with E-state index in [-0.39, 0.29) is 52.2 Å². The minimum absolute atomic E-state index is 0. The molecule has 6 heteroatoms. The molecule has 2 bridgehead atoms. The molecule has 1 heterocycles. The molecule has 9 atom stereocenters. The quantitative estimate of drug-likeness (QED) is 0.429. The molecule has 0 radical (unpaired) electrons. The van der Waals surface area contributed by atoms with E-state index >= 15 is 0 Å². The second kappa shape index (κ2) is 6.94. The maximum atomic E-state index is 13.5. The molecule has 1 spiro atoms. The fraction of sp³-hybridized carbons (Fsp3) is 0.905. The van der Waals surface area contributed by atoms with Crippen LogP contribution >= 0.6 is 7.37 Å². The van der Waals surface area contributed by atoms with Crippen molar-refractivity contribution in [1.29, 1.82) is 0 Å². The van der Waals surface area contributed by atoms with E-state index in [2.05, 4.69) is 13.0 Å². The summed E-state index contributed by atoms with van der Waals surface area (Å²) < 4.78 is 19.1. The Morgan fingerprint density at radius 3 is 2.44 bits per heavy atom. The first-order chi connectivity index (χ1) is 12.4. The van der Waals surface area contributed by atoms with Crippen LogP contribution < -0.4 is 0 Å². The van der Waals surface area contributed by atoms with Crippen LogP contribution in [0, 0.1) is 29.6 Å². The van der Waals surface area contributed by atoms with Gasteiger partial charge in [-0.05, 0) is 49.9 Å². The van der Waals surface area contributed by atoms with Crippen LogP contribution in [0.1, 0.15) is 58.3 Å². The van der Waals surface area contributed by atoms with Gasteiger partial charge < -0.3 is 14.7 Å². The molecule has 148 valence electrons. The van der Waals surface area contributed by atoms with Crippen LogP contribution in [-0.4, -0.2) is 69.4 Å². The van der Waals surface area contributed by atoms with E-state index in [4.69, 9.17) is 4.52 Å². The molecule has 0 aromatic rings. The minimum atomic E-state index is -2.63. The van der Waals surface area contributed by atoms with Gasteiger partial charge in [0.05, 0.1) is 22.5 Å². The number of hydrogen-bond donors (Lipinski definition) is 2. The molecule has 0 aromatic carbocycles. The summed E-state index contributed by atoms with van der Waals surface area (Å²) in [6, 6.07) is 0. The summed E-state index contributed by atoms with van der Waals surface area (Å²) in [5, 5.41) is 21.9. The summed E-state index contributed by atoms with van der Waals surface area (Å²) in [4.78, 5) is 0. The third-order valence-corrected chi connectivity index (χ3v) is 12.9. The van der Waals surface area contributed by atoms with E-state index in [9.17, 15) is 14.8 Å². The first-order valence-corrected chi connectivity index (χ1v) is 12.4. The van der Waals surface area contributed by atoms with Crippen molar-refractivity contribution in [3.8, 4) is 0 Å². The van der Waals surface area contributed by atoms with Crippen LogP contribution in [0.3, 0.4) is 0 Å².